The molecule has 0 spiro atoms. The summed E-state index contributed by atoms with van der Waals surface area (Å²) in [5.74, 6) is -0.751. The highest BCUT2D eigenvalue weighted by molar-refractivity contribution is 6.35. The van der Waals surface area contributed by atoms with Crippen LogP contribution < -0.4 is 11.5 Å². The number of carbonyl (C=O) groups is 1. The molecule has 0 aliphatic rings. The van der Waals surface area contributed by atoms with E-state index < -0.39 is 10.9 Å². The SMILES string of the molecule is COC(=O)c1nc(-c2ccc([N+](=O)[O-])cc2N)cc(N)c1Cl. The molecule has 0 saturated heterocycles. The lowest BCUT2D eigenvalue weighted by Crippen LogP contribution is -2.08. The molecule has 0 unspecified atom stereocenters. The predicted molar refractivity (Wildman–Crippen MR) is 81.5 cm³/mol. The first-order valence-corrected chi connectivity index (χ1v) is 6.31. The Bertz CT molecular complexity index is 779. The topological polar surface area (TPSA) is 134 Å². The molecule has 2 rings (SSSR count). The standard InChI is InChI=1S/C13H11ClN4O4/c1-22-13(19)12-11(14)9(16)5-10(17-12)7-3-2-6(18(20)21)4-8(7)15/h2-5H,15H2,1H3,(H2,16,17). The molecule has 1 heterocycles. The fourth-order valence-corrected chi connectivity index (χ4v) is 1.99. The van der Waals surface area contributed by atoms with Gasteiger partial charge >= 0.3 is 5.97 Å². The number of esters is 1. The van der Waals surface area contributed by atoms with E-state index in [0.717, 1.165) is 0 Å². The molecule has 0 radical (unpaired) electrons. The third kappa shape index (κ3) is 2.77. The predicted octanol–water partition coefficient (Wildman–Crippen LogP) is 2.26. The van der Waals surface area contributed by atoms with E-state index in [1.807, 2.05) is 0 Å². The van der Waals surface area contributed by atoms with E-state index in [2.05, 4.69) is 9.72 Å². The molecule has 0 saturated carbocycles. The highest BCUT2D eigenvalue weighted by Gasteiger charge is 2.19. The maximum absolute atomic E-state index is 11.7. The van der Waals surface area contributed by atoms with E-state index in [0.29, 0.717) is 5.56 Å². The van der Waals surface area contributed by atoms with Crippen molar-refractivity contribution in [2.45, 2.75) is 0 Å². The zero-order valence-corrected chi connectivity index (χ0v) is 12.1. The van der Waals surface area contributed by atoms with Crippen LogP contribution in [0.1, 0.15) is 10.5 Å². The number of hydrogen-bond acceptors (Lipinski definition) is 7. The van der Waals surface area contributed by atoms with Crippen LogP contribution in [0.2, 0.25) is 5.02 Å². The van der Waals surface area contributed by atoms with Crippen LogP contribution in [0.15, 0.2) is 24.3 Å². The molecule has 1 aromatic carbocycles. The van der Waals surface area contributed by atoms with Crippen molar-refractivity contribution in [3.05, 3.63) is 45.1 Å². The summed E-state index contributed by atoms with van der Waals surface area (Å²) in [6.07, 6.45) is 0. The van der Waals surface area contributed by atoms with Gasteiger partial charge in [-0.05, 0) is 12.1 Å². The number of aromatic nitrogens is 1. The molecule has 1 aromatic heterocycles. The Labute approximate surface area is 129 Å². The Morgan fingerprint density at radius 1 is 1.32 bits per heavy atom. The maximum atomic E-state index is 11.7. The maximum Gasteiger partial charge on any atom is 0.358 e. The minimum atomic E-state index is -0.751. The number of nitro benzene ring substituents is 1. The van der Waals surface area contributed by atoms with Crippen molar-refractivity contribution in [2.24, 2.45) is 0 Å². The zero-order valence-electron chi connectivity index (χ0n) is 11.4. The molecule has 0 aliphatic carbocycles. The van der Waals surface area contributed by atoms with Crippen molar-refractivity contribution >= 4 is 34.6 Å². The molecular formula is C13H11ClN4O4. The first kappa shape index (κ1) is 15.5. The zero-order chi connectivity index (χ0) is 16.4. The van der Waals surface area contributed by atoms with E-state index in [1.165, 1.54) is 31.4 Å². The number of anilines is 2. The summed E-state index contributed by atoms with van der Waals surface area (Å²) < 4.78 is 4.58. The van der Waals surface area contributed by atoms with Gasteiger partial charge in [-0.15, -0.1) is 0 Å². The third-order valence-corrected chi connectivity index (χ3v) is 3.28. The van der Waals surface area contributed by atoms with E-state index in [9.17, 15) is 14.9 Å². The van der Waals surface area contributed by atoms with Crippen molar-refractivity contribution < 1.29 is 14.5 Å². The Morgan fingerprint density at radius 3 is 2.55 bits per heavy atom. The van der Waals surface area contributed by atoms with E-state index in [-0.39, 0.29) is 33.5 Å². The second-order valence-electron chi connectivity index (χ2n) is 4.28. The number of nitro groups is 1. The fourth-order valence-electron chi connectivity index (χ4n) is 1.82. The number of non-ortho nitro benzene ring substituents is 1. The second-order valence-corrected chi connectivity index (χ2v) is 4.66. The molecule has 114 valence electrons. The molecule has 0 aliphatic heterocycles. The van der Waals surface area contributed by atoms with Crippen molar-refractivity contribution in [1.29, 1.82) is 0 Å². The normalized spacial score (nSPS) is 10.3. The summed E-state index contributed by atoms with van der Waals surface area (Å²) in [6, 6.07) is 5.31. The summed E-state index contributed by atoms with van der Waals surface area (Å²) in [7, 11) is 1.18. The van der Waals surface area contributed by atoms with Gasteiger partial charge in [0, 0.05) is 23.4 Å². The van der Waals surface area contributed by atoms with Crippen LogP contribution in [0.5, 0.6) is 0 Å². The van der Waals surface area contributed by atoms with Gasteiger partial charge in [0.2, 0.25) is 0 Å². The number of rotatable bonds is 3. The largest absolute Gasteiger partial charge is 0.464 e. The molecular weight excluding hydrogens is 312 g/mol. The van der Waals surface area contributed by atoms with E-state index in [4.69, 9.17) is 23.1 Å². The number of hydrogen-bond donors (Lipinski definition) is 2. The number of methoxy groups -OCH3 is 1. The van der Waals surface area contributed by atoms with Gasteiger partial charge in [0.15, 0.2) is 5.69 Å². The first-order chi connectivity index (χ1) is 10.3. The lowest BCUT2D eigenvalue weighted by molar-refractivity contribution is -0.384. The number of halogens is 1. The van der Waals surface area contributed by atoms with Gasteiger partial charge in [-0.25, -0.2) is 9.78 Å². The van der Waals surface area contributed by atoms with Gasteiger partial charge in [0.25, 0.3) is 5.69 Å². The second kappa shape index (κ2) is 5.86. The fraction of sp³-hybridized carbons (Fsp3) is 0.0769. The Morgan fingerprint density at radius 2 is 2.00 bits per heavy atom. The Balaban J connectivity index is 2.60. The van der Waals surface area contributed by atoms with Gasteiger partial charge in [0.1, 0.15) is 0 Å². The third-order valence-electron chi connectivity index (χ3n) is 2.89. The van der Waals surface area contributed by atoms with Crippen LogP contribution >= 0.6 is 11.6 Å². The molecule has 0 atom stereocenters. The molecule has 2 aromatic rings. The Kier molecular flexibility index (Phi) is 4.13. The summed E-state index contributed by atoms with van der Waals surface area (Å²) in [5, 5.41) is 10.7. The van der Waals surface area contributed by atoms with Crippen LogP contribution in [0.25, 0.3) is 11.3 Å². The summed E-state index contributed by atoms with van der Waals surface area (Å²) in [6.45, 7) is 0. The van der Waals surface area contributed by atoms with Crippen molar-refractivity contribution in [3.63, 3.8) is 0 Å². The molecule has 0 fully saturated rings. The number of ether oxygens (including phenoxy) is 1. The average molecular weight is 323 g/mol. The van der Waals surface area contributed by atoms with Gasteiger partial charge in [-0.2, -0.15) is 0 Å². The molecule has 9 heteroatoms. The molecule has 0 amide bonds. The lowest BCUT2D eigenvalue weighted by Gasteiger charge is -2.10. The van der Waals surface area contributed by atoms with Gasteiger partial charge in [0.05, 0.1) is 28.4 Å². The van der Waals surface area contributed by atoms with Crippen LogP contribution in [-0.4, -0.2) is 23.0 Å². The quantitative estimate of drug-likeness (QED) is 0.383. The molecule has 8 nitrogen and oxygen atoms in total. The molecule has 22 heavy (non-hydrogen) atoms. The summed E-state index contributed by atoms with van der Waals surface area (Å²) in [5.41, 5.74) is 12.1. The summed E-state index contributed by atoms with van der Waals surface area (Å²) >= 11 is 5.92. The van der Waals surface area contributed by atoms with Gasteiger partial charge in [-0.3, -0.25) is 10.1 Å². The monoisotopic (exact) mass is 322 g/mol. The van der Waals surface area contributed by atoms with Crippen molar-refractivity contribution in [2.75, 3.05) is 18.6 Å². The number of nitrogens with zero attached hydrogens (tertiary/aromatic N) is 2. The van der Waals surface area contributed by atoms with Gasteiger partial charge in [-0.1, -0.05) is 11.6 Å². The lowest BCUT2D eigenvalue weighted by atomic mass is 10.1. The highest BCUT2D eigenvalue weighted by atomic mass is 35.5. The average Bonchev–Trinajstić information content (AvgIpc) is 2.49. The number of nitrogen functional groups attached to an aromatic ring is 2. The van der Waals surface area contributed by atoms with E-state index in [1.54, 1.807) is 0 Å². The highest BCUT2D eigenvalue weighted by Crippen LogP contribution is 2.32. The minimum Gasteiger partial charge on any atom is -0.464 e. The van der Waals surface area contributed by atoms with Crippen molar-refractivity contribution in [3.8, 4) is 11.3 Å². The summed E-state index contributed by atoms with van der Waals surface area (Å²) in [4.78, 5) is 25.9. The van der Waals surface area contributed by atoms with Crippen molar-refractivity contribution in [1.82, 2.24) is 4.98 Å². The molecule has 0 bridgehead atoms. The van der Waals surface area contributed by atoms with Crippen LogP contribution in [0, 0.1) is 10.1 Å². The number of nitrogens with two attached hydrogens (primary N) is 2. The molecule has 4 N–H and O–H groups in total. The van der Waals surface area contributed by atoms with Crippen LogP contribution in [-0.2, 0) is 4.74 Å². The Hall–Kier alpha value is -2.87. The minimum absolute atomic E-state index is 0.0314. The van der Waals surface area contributed by atoms with E-state index >= 15 is 0 Å². The first-order valence-electron chi connectivity index (χ1n) is 5.93. The smallest absolute Gasteiger partial charge is 0.358 e. The van der Waals surface area contributed by atoms with Crippen LogP contribution in [0.3, 0.4) is 0 Å². The van der Waals surface area contributed by atoms with Crippen LogP contribution in [0.4, 0.5) is 17.1 Å². The number of benzene rings is 1. The van der Waals surface area contributed by atoms with Gasteiger partial charge < -0.3 is 16.2 Å². The number of carbonyl (C=O) groups excluding carboxylic acids is 1. The number of pyridine rings is 1.